The second kappa shape index (κ2) is 7.89. The predicted octanol–water partition coefficient (Wildman–Crippen LogP) is 2.44. The second-order valence-electron chi connectivity index (χ2n) is 6.42. The highest BCUT2D eigenvalue weighted by Gasteiger charge is 2.32. The SMILES string of the molecule is NC(=O)[C@@H]1Cc2ccccc2CN1CC(=O)Nc1ccc(OC(F)(F)F)cc1. The van der Waals surface area contributed by atoms with E-state index in [0.717, 1.165) is 23.3 Å². The first-order valence-electron chi connectivity index (χ1n) is 8.47. The first-order valence-corrected chi connectivity index (χ1v) is 8.47. The zero-order valence-corrected chi connectivity index (χ0v) is 14.7. The van der Waals surface area contributed by atoms with Crippen LogP contribution in [0.4, 0.5) is 18.9 Å². The van der Waals surface area contributed by atoms with Crippen LogP contribution in [0.3, 0.4) is 0 Å². The van der Waals surface area contributed by atoms with Gasteiger partial charge in [-0.1, -0.05) is 24.3 Å². The van der Waals surface area contributed by atoms with Crippen LogP contribution in [-0.2, 0) is 22.6 Å². The molecule has 1 aliphatic heterocycles. The van der Waals surface area contributed by atoms with E-state index < -0.39 is 24.2 Å². The summed E-state index contributed by atoms with van der Waals surface area (Å²) in [7, 11) is 0. The van der Waals surface area contributed by atoms with Gasteiger partial charge in [-0.15, -0.1) is 13.2 Å². The van der Waals surface area contributed by atoms with Crippen molar-refractivity contribution in [3.63, 3.8) is 0 Å². The van der Waals surface area contributed by atoms with Gasteiger partial charge in [0.25, 0.3) is 0 Å². The molecular formula is C19H18F3N3O3. The molecule has 9 heteroatoms. The zero-order valence-electron chi connectivity index (χ0n) is 14.7. The Morgan fingerprint density at radius 1 is 1.11 bits per heavy atom. The smallest absolute Gasteiger partial charge is 0.406 e. The van der Waals surface area contributed by atoms with E-state index in [1.807, 2.05) is 24.3 Å². The highest BCUT2D eigenvalue weighted by Crippen LogP contribution is 2.25. The highest BCUT2D eigenvalue weighted by molar-refractivity contribution is 5.93. The van der Waals surface area contributed by atoms with Crippen molar-refractivity contribution in [2.45, 2.75) is 25.4 Å². The zero-order chi connectivity index (χ0) is 20.3. The summed E-state index contributed by atoms with van der Waals surface area (Å²) in [5.41, 5.74) is 7.84. The van der Waals surface area contributed by atoms with Crippen molar-refractivity contribution in [3.05, 3.63) is 59.7 Å². The van der Waals surface area contributed by atoms with Crippen LogP contribution in [0.25, 0.3) is 0 Å². The predicted molar refractivity (Wildman–Crippen MR) is 95.3 cm³/mol. The molecule has 2 aromatic carbocycles. The Morgan fingerprint density at radius 3 is 2.36 bits per heavy atom. The van der Waals surface area contributed by atoms with Crippen molar-refractivity contribution >= 4 is 17.5 Å². The normalized spacial score (nSPS) is 16.9. The molecule has 0 fully saturated rings. The van der Waals surface area contributed by atoms with E-state index in [0.29, 0.717) is 18.7 Å². The van der Waals surface area contributed by atoms with Crippen molar-refractivity contribution in [3.8, 4) is 5.75 Å². The van der Waals surface area contributed by atoms with E-state index >= 15 is 0 Å². The van der Waals surface area contributed by atoms with Crippen LogP contribution in [0.1, 0.15) is 11.1 Å². The molecule has 0 radical (unpaired) electrons. The number of hydrogen-bond acceptors (Lipinski definition) is 4. The molecule has 28 heavy (non-hydrogen) atoms. The van der Waals surface area contributed by atoms with Crippen LogP contribution in [0.2, 0.25) is 0 Å². The van der Waals surface area contributed by atoms with Gasteiger partial charge < -0.3 is 15.8 Å². The summed E-state index contributed by atoms with van der Waals surface area (Å²) in [4.78, 5) is 25.8. The van der Waals surface area contributed by atoms with Gasteiger partial charge in [-0.3, -0.25) is 14.5 Å². The molecule has 0 aromatic heterocycles. The molecule has 3 rings (SSSR count). The summed E-state index contributed by atoms with van der Waals surface area (Å²) in [6, 6.07) is 11.8. The Balaban J connectivity index is 1.64. The highest BCUT2D eigenvalue weighted by atomic mass is 19.4. The number of rotatable bonds is 5. The van der Waals surface area contributed by atoms with Crippen LogP contribution in [-0.4, -0.2) is 35.7 Å². The molecule has 3 N–H and O–H groups in total. The van der Waals surface area contributed by atoms with E-state index in [1.54, 1.807) is 4.90 Å². The largest absolute Gasteiger partial charge is 0.573 e. The van der Waals surface area contributed by atoms with E-state index in [1.165, 1.54) is 12.1 Å². The molecule has 0 unspecified atom stereocenters. The maximum Gasteiger partial charge on any atom is 0.573 e. The lowest BCUT2D eigenvalue weighted by molar-refractivity contribution is -0.274. The number of fused-ring (bicyclic) bond motifs is 1. The van der Waals surface area contributed by atoms with E-state index in [2.05, 4.69) is 10.1 Å². The number of nitrogens with one attached hydrogen (secondary N) is 1. The fraction of sp³-hybridized carbons (Fsp3) is 0.263. The molecule has 0 saturated heterocycles. The van der Waals surface area contributed by atoms with Crippen LogP contribution < -0.4 is 15.8 Å². The maximum absolute atomic E-state index is 12.4. The molecule has 2 aromatic rings. The molecule has 1 aliphatic rings. The molecule has 2 amide bonds. The lowest BCUT2D eigenvalue weighted by Gasteiger charge is -2.34. The minimum Gasteiger partial charge on any atom is -0.406 e. The number of halogens is 3. The Hall–Kier alpha value is -3.07. The summed E-state index contributed by atoms with van der Waals surface area (Å²) in [5, 5.41) is 2.59. The lowest BCUT2D eigenvalue weighted by atomic mass is 9.93. The van der Waals surface area contributed by atoms with E-state index in [4.69, 9.17) is 5.73 Å². The van der Waals surface area contributed by atoms with Gasteiger partial charge in [-0.2, -0.15) is 0 Å². The number of nitrogens with two attached hydrogens (primary N) is 1. The van der Waals surface area contributed by atoms with Gasteiger partial charge in [0.1, 0.15) is 5.75 Å². The average molecular weight is 393 g/mol. The third-order valence-corrected chi connectivity index (χ3v) is 4.39. The van der Waals surface area contributed by atoms with Crippen molar-refractivity contribution in [1.82, 2.24) is 4.90 Å². The summed E-state index contributed by atoms with van der Waals surface area (Å²) < 4.78 is 40.3. The Labute approximate surface area is 159 Å². The molecule has 148 valence electrons. The van der Waals surface area contributed by atoms with Gasteiger partial charge in [0.2, 0.25) is 11.8 Å². The summed E-state index contributed by atoms with van der Waals surface area (Å²) >= 11 is 0. The van der Waals surface area contributed by atoms with Gasteiger partial charge in [0.05, 0.1) is 12.6 Å². The van der Waals surface area contributed by atoms with Gasteiger partial charge in [0, 0.05) is 12.2 Å². The van der Waals surface area contributed by atoms with E-state index in [-0.39, 0.29) is 12.3 Å². The van der Waals surface area contributed by atoms with Crippen LogP contribution in [0, 0.1) is 0 Å². The number of carbonyl (C=O) groups is 2. The van der Waals surface area contributed by atoms with Crippen molar-refractivity contribution in [2.24, 2.45) is 5.73 Å². The minimum atomic E-state index is -4.78. The molecule has 1 heterocycles. The average Bonchev–Trinajstić information content (AvgIpc) is 2.61. The van der Waals surface area contributed by atoms with Gasteiger partial charge >= 0.3 is 6.36 Å². The molecule has 0 bridgehead atoms. The first-order chi connectivity index (χ1) is 13.2. The van der Waals surface area contributed by atoms with Gasteiger partial charge in [-0.25, -0.2) is 0 Å². The number of benzene rings is 2. The van der Waals surface area contributed by atoms with Crippen molar-refractivity contribution in [2.75, 3.05) is 11.9 Å². The standard InChI is InChI=1S/C19H18F3N3O3/c20-19(21,22)28-15-7-5-14(6-8-15)24-17(26)11-25-10-13-4-2-1-3-12(13)9-16(25)18(23)27/h1-8,16H,9-11H2,(H2,23,27)(H,24,26)/t16-/m0/s1. The maximum atomic E-state index is 12.4. The van der Waals surface area contributed by atoms with E-state index in [9.17, 15) is 22.8 Å². The first kappa shape index (κ1) is 19.7. The molecule has 0 aliphatic carbocycles. The van der Waals surface area contributed by atoms with Crippen LogP contribution in [0.5, 0.6) is 5.75 Å². The summed E-state index contributed by atoms with van der Waals surface area (Å²) in [5.74, 6) is -1.31. The molecular weight excluding hydrogens is 375 g/mol. The summed E-state index contributed by atoms with van der Waals surface area (Å²) in [6.07, 6.45) is -4.36. The number of ether oxygens (including phenoxy) is 1. The van der Waals surface area contributed by atoms with Crippen molar-refractivity contribution in [1.29, 1.82) is 0 Å². The number of hydrogen-bond donors (Lipinski definition) is 2. The Morgan fingerprint density at radius 2 is 1.75 bits per heavy atom. The van der Waals surface area contributed by atoms with Crippen LogP contribution in [0.15, 0.2) is 48.5 Å². The third kappa shape index (κ3) is 5.01. The van der Waals surface area contributed by atoms with Crippen molar-refractivity contribution < 1.29 is 27.5 Å². The third-order valence-electron chi connectivity index (χ3n) is 4.39. The molecule has 1 atom stereocenters. The van der Waals surface area contributed by atoms with Gasteiger partial charge in [-0.05, 0) is 41.8 Å². The number of alkyl halides is 3. The Kier molecular flexibility index (Phi) is 5.55. The Bertz CT molecular complexity index is 869. The fourth-order valence-corrected chi connectivity index (χ4v) is 3.15. The topological polar surface area (TPSA) is 84.7 Å². The van der Waals surface area contributed by atoms with Crippen LogP contribution >= 0.6 is 0 Å². The quantitative estimate of drug-likeness (QED) is 0.817. The molecule has 0 saturated carbocycles. The molecule has 0 spiro atoms. The van der Waals surface area contributed by atoms with Gasteiger partial charge in [0.15, 0.2) is 0 Å². The number of primary amides is 1. The number of nitrogens with zero attached hydrogens (tertiary/aromatic N) is 1. The second-order valence-corrected chi connectivity index (χ2v) is 6.42. The summed E-state index contributed by atoms with van der Waals surface area (Å²) in [6.45, 7) is 0.318. The number of amides is 2. The number of anilines is 1. The lowest BCUT2D eigenvalue weighted by Crippen LogP contribution is -2.50. The fourth-order valence-electron chi connectivity index (χ4n) is 3.15. The molecule has 6 nitrogen and oxygen atoms in total. The minimum absolute atomic E-state index is 0.0806. The monoisotopic (exact) mass is 393 g/mol. The number of carbonyl (C=O) groups excluding carboxylic acids is 2.